The number of amides is 2. The molecule has 3 N–H and O–H groups in total. The van der Waals surface area contributed by atoms with Gasteiger partial charge in [-0.1, -0.05) is 19.1 Å². The van der Waals surface area contributed by atoms with Crippen LogP contribution < -0.4 is 5.32 Å². The van der Waals surface area contributed by atoms with Gasteiger partial charge in [-0.15, -0.1) is 0 Å². The molecule has 0 fully saturated rings. The Morgan fingerprint density at radius 3 is 2.35 bits per heavy atom. The van der Waals surface area contributed by atoms with Gasteiger partial charge in [0.2, 0.25) is 0 Å². The number of anilines is 1. The van der Waals surface area contributed by atoms with Crippen molar-refractivity contribution in [2.75, 3.05) is 25.0 Å². The fourth-order valence-electron chi connectivity index (χ4n) is 1.79. The molecule has 0 saturated heterocycles. The first-order chi connectivity index (χ1) is 9.56. The van der Waals surface area contributed by atoms with Crippen LogP contribution in [0.15, 0.2) is 24.3 Å². The van der Waals surface area contributed by atoms with E-state index in [1.54, 1.807) is 24.3 Å². The number of aliphatic hydroxyl groups excluding tert-OH is 1. The molecule has 1 aromatic rings. The molecule has 1 aromatic carbocycles. The predicted molar refractivity (Wildman–Crippen MR) is 75.8 cm³/mol. The van der Waals surface area contributed by atoms with Gasteiger partial charge in [0.15, 0.2) is 0 Å². The normalized spacial score (nSPS) is 10.1. The highest BCUT2D eigenvalue weighted by Gasteiger charge is 2.11. The van der Waals surface area contributed by atoms with Crippen LogP contribution >= 0.6 is 0 Å². The Kier molecular flexibility index (Phi) is 6.52. The molecular weight excluding hydrogens is 260 g/mol. The van der Waals surface area contributed by atoms with Crippen molar-refractivity contribution in [1.82, 2.24) is 4.90 Å². The molecule has 0 aliphatic heterocycles. The number of urea groups is 1. The number of rotatable bonds is 7. The van der Waals surface area contributed by atoms with Crippen molar-refractivity contribution < 1.29 is 19.8 Å². The first-order valence-electron chi connectivity index (χ1n) is 6.54. The molecule has 0 aliphatic rings. The van der Waals surface area contributed by atoms with Crippen molar-refractivity contribution in [3.05, 3.63) is 29.8 Å². The second-order valence-corrected chi connectivity index (χ2v) is 4.41. The Hall–Kier alpha value is -2.08. The zero-order valence-corrected chi connectivity index (χ0v) is 11.5. The van der Waals surface area contributed by atoms with Crippen LogP contribution in [0.2, 0.25) is 0 Å². The van der Waals surface area contributed by atoms with E-state index in [0.717, 1.165) is 6.42 Å². The fourth-order valence-corrected chi connectivity index (χ4v) is 1.79. The van der Waals surface area contributed by atoms with Gasteiger partial charge in [0, 0.05) is 18.8 Å². The number of benzene rings is 1. The molecule has 110 valence electrons. The van der Waals surface area contributed by atoms with Gasteiger partial charge in [-0.05, 0) is 24.1 Å². The summed E-state index contributed by atoms with van der Waals surface area (Å²) in [5, 5.41) is 20.3. The number of aliphatic hydroxyl groups is 1. The number of hydrogen-bond donors (Lipinski definition) is 3. The maximum absolute atomic E-state index is 12.0. The summed E-state index contributed by atoms with van der Waals surface area (Å²) in [4.78, 5) is 24.1. The number of nitrogens with zero attached hydrogens (tertiary/aromatic N) is 1. The number of carboxylic acids is 1. The molecule has 6 heteroatoms. The zero-order valence-electron chi connectivity index (χ0n) is 11.5. The van der Waals surface area contributed by atoms with Crippen molar-refractivity contribution in [2.45, 2.75) is 19.8 Å². The summed E-state index contributed by atoms with van der Waals surface area (Å²) in [5.41, 5.74) is 1.28. The zero-order chi connectivity index (χ0) is 15.0. The Labute approximate surface area is 118 Å². The number of carbonyl (C=O) groups excluding carboxylic acids is 1. The van der Waals surface area contributed by atoms with Crippen molar-refractivity contribution in [3.63, 3.8) is 0 Å². The molecular formula is C14H20N2O4. The number of aliphatic carboxylic acids is 1. The highest BCUT2D eigenvalue weighted by atomic mass is 16.4. The molecule has 0 heterocycles. The number of hydrogen-bond acceptors (Lipinski definition) is 3. The van der Waals surface area contributed by atoms with Crippen LogP contribution in [-0.4, -0.2) is 46.8 Å². The monoisotopic (exact) mass is 280 g/mol. The van der Waals surface area contributed by atoms with E-state index in [4.69, 9.17) is 10.2 Å². The van der Waals surface area contributed by atoms with Crippen LogP contribution in [0.4, 0.5) is 10.5 Å². The van der Waals surface area contributed by atoms with Crippen LogP contribution in [0.25, 0.3) is 0 Å². The fraction of sp³-hybridized carbons (Fsp3) is 0.429. The van der Waals surface area contributed by atoms with Crippen molar-refractivity contribution in [3.8, 4) is 0 Å². The van der Waals surface area contributed by atoms with Gasteiger partial charge in [0.25, 0.3) is 0 Å². The van der Waals surface area contributed by atoms with E-state index in [1.165, 1.54) is 4.90 Å². The maximum atomic E-state index is 12.0. The van der Waals surface area contributed by atoms with Crippen LogP contribution in [0.3, 0.4) is 0 Å². The van der Waals surface area contributed by atoms with Gasteiger partial charge >= 0.3 is 12.0 Å². The molecule has 20 heavy (non-hydrogen) atoms. The third kappa shape index (κ3) is 5.27. The molecule has 0 aliphatic carbocycles. The summed E-state index contributed by atoms with van der Waals surface area (Å²) in [6.07, 6.45) is 0.770. The van der Waals surface area contributed by atoms with E-state index >= 15 is 0 Å². The van der Waals surface area contributed by atoms with Crippen LogP contribution in [0, 0.1) is 0 Å². The number of carboxylic acid groups (broad SMARTS) is 1. The predicted octanol–water partition coefficient (Wildman–Crippen LogP) is 1.55. The molecule has 2 amide bonds. The lowest BCUT2D eigenvalue weighted by Gasteiger charge is -2.21. The summed E-state index contributed by atoms with van der Waals surface area (Å²) in [6.45, 7) is 2.74. The van der Waals surface area contributed by atoms with Gasteiger partial charge in [-0.3, -0.25) is 4.79 Å². The molecule has 0 spiro atoms. The maximum Gasteiger partial charge on any atom is 0.321 e. The van der Waals surface area contributed by atoms with E-state index in [9.17, 15) is 9.59 Å². The van der Waals surface area contributed by atoms with E-state index in [2.05, 4.69) is 5.32 Å². The largest absolute Gasteiger partial charge is 0.481 e. The van der Waals surface area contributed by atoms with Gasteiger partial charge in [-0.2, -0.15) is 0 Å². The van der Waals surface area contributed by atoms with E-state index in [0.29, 0.717) is 17.8 Å². The van der Waals surface area contributed by atoms with Crippen LogP contribution in [0.1, 0.15) is 18.9 Å². The van der Waals surface area contributed by atoms with Crippen LogP contribution in [-0.2, 0) is 11.2 Å². The second kappa shape index (κ2) is 8.16. The van der Waals surface area contributed by atoms with E-state index < -0.39 is 5.97 Å². The molecule has 0 aromatic heterocycles. The third-order valence-electron chi connectivity index (χ3n) is 2.71. The summed E-state index contributed by atoms with van der Waals surface area (Å²) in [5.74, 6) is -0.890. The second-order valence-electron chi connectivity index (χ2n) is 4.41. The smallest absolute Gasteiger partial charge is 0.321 e. The molecule has 1 rings (SSSR count). The number of carbonyl (C=O) groups is 2. The Balaban J connectivity index is 2.62. The summed E-state index contributed by atoms with van der Waals surface area (Å²) >= 11 is 0. The lowest BCUT2D eigenvalue weighted by atomic mass is 10.1. The SMILES string of the molecule is CCCN(CCO)C(=O)Nc1ccc(CC(=O)O)cc1. The summed E-state index contributed by atoms with van der Waals surface area (Å²) in [7, 11) is 0. The van der Waals surface area contributed by atoms with Crippen molar-refractivity contribution in [1.29, 1.82) is 0 Å². The number of nitrogens with one attached hydrogen (secondary N) is 1. The average molecular weight is 280 g/mol. The van der Waals surface area contributed by atoms with E-state index in [1.807, 2.05) is 6.92 Å². The Morgan fingerprint density at radius 1 is 1.20 bits per heavy atom. The summed E-state index contributed by atoms with van der Waals surface area (Å²) < 4.78 is 0. The molecule has 0 atom stereocenters. The molecule has 0 unspecified atom stereocenters. The van der Waals surface area contributed by atoms with Gasteiger partial charge in [0.05, 0.1) is 13.0 Å². The van der Waals surface area contributed by atoms with Gasteiger partial charge in [-0.25, -0.2) is 4.79 Å². The first-order valence-corrected chi connectivity index (χ1v) is 6.54. The lowest BCUT2D eigenvalue weighted by molar-refractivity contribution is -0.136. The van der Waals surface area contributed by atoms with Crippen LogP contribution in [0.5, 0.6) is 0 Å². The summed E-state index contributed by atoms with van der Waals surface area (Å²) in [6, 6.07) is 6.39. The van der Waals surface area contributed by atoms with Gasteiger partial charge in [0.1, 0.15) is 0 Å². The molecule has 0 bridgehead atoms. The molecule has 0 saturated carbocycles. The van der Waals surface area contributed by atoms with Gasteiger partial charge < -0.3 is 20.4 Å². The standard InChI is InChI=1S/C14H20N2O4/c1-2-7-16(8-9-17)14(20)15-12-5-3-11(4-6-12)10-13(18)19/h3-6,17H,2,7-10H2,1H3,(H,15,20)(H,18,19). The highest BCUT2D eigenvalue weighted by molar-refractivity contribution is 5.89. The highest BCUT2D eigenvalue weighted by Crippen LogP contribution is 2.11. The molecule has 0 radical (unpaired) electrons. The van der Waals surface area contributed by atoms with Crippen molar-refractivity contribution in [2.24, 2.45) is 0 Å². The first kappa shape index (κ1) is 16.0. The quantitative estimate of drug-likeness (QED) is 0.707. The van der Waals surface area contributed by atoms with E-state index in [-0.39, 0.29) is 25.6 Å². The Morgan fingerprint density at radius 2 is 1.85 bits per heavy atom. The minimum Gasteiger partial charge on any atom is -0.481 e. The topological polar surface area (TPSA) is 89.9 Å². The third-order valence-corrected chi connectivity index (χ3v) is 2.71. The minimum absolute atomic E-state index is 0.0410. The van der Waals surface area contributed by atoms with Crippen molar-refractivity contribution >= 4 is 17.7 Å². The molecule has 6 nitrogen and oxygen atoms in total. The Bertz CT molecular complexity index is 439. The average Bonchev–Trinajstić information content (AvgIpc) is 2.40. The lowest BCUT2D eigenvalue weighted by Crippen LogP contribution is -2.37. The minimum atomic E-state index is -0.890.